The first-order valence-corrected chi connectivity index (χ1v) is 7.73. The molecule has 2 atom stereocenters. The Morgan fingerprint density at radius 2 is 1.95 bits per heavy atom. The summed E-state index contributed by atoms with van der Waals surface area (Å²) in [6.45, 7) is 2.15. The van der Waals surface area contributed by atoms with Crippen molar-refractivity contribution in [1.29, 1.82) is 0 Å². The van der Waals surface area contributed by atoms with Crippen molar-refractivity contribution in [2.75, 3.05) is 13.7 Å². The normalized spacial score (nSPS) is 20.0. The largest absolute Gasteiger partial charge is 0.458 e. The van der Waals surface area contributed by atoms with Gasteiger partial charge in [0.25, 0.3) is 0 Å². The Hall–Kier alpha value is -2.04. The Morgan fingerprint density at radius 1 is 1.23 bits per heavy atom. The van der Waals surface area contributed by atoms with E-state index in [0.29, 0.717) is 6.61 Å². The van der Waals surface area contributed by atoms with Gasteiger partial charge in [-0.15, -0.1) is 0 Å². The van der Waals surface area contributed by atoms with Crippen LogP contribution < -0.4 is 0 Å². The van der Waals surface area contributed by atoms with Gasteiger partial charge in [-0.2, -0.15) is 0 Å². The van der Waals surface area contributed by atoms with Crippen molar-refractivity contribution >= 4 is 12.1 Å². The molecule has 0 saturated carbocycles. The minimum atomic E-state index is -0.509. The highest BCUT2D eigenvalue weighted by molar-refractivity contribution is 5.86. The Bertz CT molecular complexity index is 503. The lowest BCUT2D eigenvalue weighted by atomic mass is 10.1. The number of unbranched alkanes of at least 4 members (excludes halogenated alkanes) is 2. The van der Waals surface area contributed by atoms with Gasteiger partial charge >= 0.3 is 12.1 Å². The third kappa shape index (κ3) is 4.23. The number of carbonyl (C=O) groups excluding carboxylic acids is 2. The molecule has 1 aliphatic heterocycles. The highest BCUT2D eigenvalue weighted by atomic mass is 16.6. The number of nitrogens with zero attached hydrogens (tertiary/aromatic N) is 1. The van der Waals surface area contributed by atoms with Crippen LogP contribution in [0.1, 0.15) is 31.7 Å². The first-order valence-electron chi connectivity index (χ1n) is 7.73. The molecule has 1 aromatic rings. The van der Waals surface area contributed by atoms with Crippen molar-refractivity contribution in [3.8, 4) is 0 Å². The number of ether oxygens (including phenoxy) is 2. The van der Waals surface area contributed by atoms with Gasteiger partial charge in [0.05, 0.1) is 6.61 Å². The molecule has 1 heterocycles. The van der Waals surface area contributed by atoms with E-state index in [1.54, 1.807) is 14.0 Å². The summed E-state index contributed by atoms with van der Waals surface area (Å²) in [5, 5.41) is 0. The van der Waals surface area contributed by atoms with E-state index in [1.807, 2.05) is 18.2 Å². The standard InChI is InChI=1S/C17H23NO4/c1-13-15(16(19)22-13)18(2)17(20)21-12-8-4-7-11-14-9-5-3-6-10-14/h3,5-6,9-10,13,15H,4,7-8,11-12H2,1-2H3/t13-,15+/m0/s1. The van der Waals surface area contributed by atoms with Crippen LogP contribution in [0.5, 0.6) is 0 Å². The van der Waals surface area contributed by atoms with Crippen LogP contribution in [0.2, 0.25) is 0 Å². The molecule has 0 spiro atoms. The molecule has 1 aromatic carbocycles. The average Bonchev–Trinajstić information content (AvgIpc) is 2.51. The zero-order valence-electron chi connectivity index (χ0n) is 13.2. The fraction of sp³-hybridized carbons (Fsp3) is 0.529. The molecule has 0 radical (unpaired) electrons. The van der Waals surface area contributed by atoms with E-state index in [2.05, 4.69) is 12.1 Å². The molecular formula is C17H23NO4. The van der Waals surface area contributed by atoms with E-state index in [0.717, 1.165) is 25.7 Å². The summed E-state index contributed by atoms with van der Waals surface area (Å²) in [6, 6.07) is 9.82. The zero-order chi connectivity index (χ0) is 15.9. The molecule has 1 amide bonds. The van der Waals surface area contributed by atoms with E-state index in [1.165, 1.54) is 10.5 Å². The van der Waals surface area contributed by atoms with Gasteiger partial charge in [0, 0.05) is 7.05 Å². The number of carbonyl (C=O) groups is 2. The monoisotopic (exact) mass is 305 g/mol. The van der Waals surface area contributed by atoms with Crippen molar-refractivity contribution < 1.29 is 19.1 Å². The molecule has 120 valence electrons. The Kier molecular flexibility index (Phi) is 5.81. The maximum Gasteiger partial charge on any atom is 0.410 e. The fourth-order valence-corrected chi connectivity index (χ4v) is 2.54. The summed E-state index contributed by atoms with van der Waals surface area (Å²) < 4.78 is 10.0. The first-order chi connectivity index (χ1) is 10.6. The quantitative estimate of drug-likeness (QED) is 0.574. The lowest BCUT2D eigenvalue weighted by Gasteiger charge is -2.37. The van der Waals surface area contributed by atoms with Gasteiger partial charge < -0.3 is 9.47 Å². The molecule has 0 unspecified atom stereocenters. The highest BCUT2D eigenvalue weighted by Crippen LogP contribution is 2.20. The number of cyclic esters (lactones) is 1. The summed E-state index contributed by atoms with van der Waals surface area (Å²) in [6.07, 6.45) is 3.24. The molecular weight excluding hydrogens is 282 g/mol. The molecule has 0 aromatic heterocycles. The maximum absolute atomic E-state index is 11.8. The molecule has 1 aliphatic rings. The minimum Gasteiger partial charge on any atom is -0.458 e. The van der Waals surface area contributed by atoms with E-state index in [9.17, 15) is 9.59 Å². The van der Waals surface area contributed by atoms with Crippen molar-refractivity contribution in [3.63, 3.8) is 0 Å². The summed E-state index contributed by atoms with van der Waals surface area (Å²) in [4.78, 5) is 24.4. The number of likely N-dealkylation sites (N-methyl/N-ethyl adjacent to an activating group) is 1. The summed E-state index contributed by atoms with van der Waals surface area (Å²) in [7, 11) is 1.57. The third-order valence-corrected chi connectivity index (χ3v) is 3.87. The van der Waals surface area contributed by atoms with Crippen LogP contribution in [0.4, 0.5) is 4.79 Å². The Balaban J connectivity index is 1.56. The van der Waals surface area contributed by atoms with Crippen LogP contribution in [0, 0.1) is 0 Å². The zero-order valence-corrected chi connectivity index (χ0v) is 13.2. The molecule has 1 saturated heterocycles. The lowest BCUT2D eigenvalue weighted by molar-refractivity contribution is -0.182. The summed E-state index contributed by atoms with van der Waals surface area (Å²) in [5.41, 5.74) is 1.33. The molecule has 0 N–H and O–H groups in total. The number of hydrogen-bond donors (Lipinski definition) is 0. The molecule has 5 heteroatoms. The molecule has 1 fully saturated rings. The van der Waals surface area contributed by atoms with Gasteiger partial charge in [0.2, 0.25) is 0 Å². The van der Waals surface area contributed by atoms with Crippen molar-refractivity contribution in [3.05, 3.63) is 35.9 Å². The Labute approximate surface area is 131 Å². The van der Waals surface area contributed by atoms with Crippen molar-refractivity contribution in [2.45, 2.75) is 44.8 Å². The van der Waals surface area contributed by atoms with Gasteiger partial charge in [-0.25, -0.2) is 9.59 Å². The molecule has 2 rings (SSSR count). The SMILES string of the molecule is C[C@@H]1OC(=O)[C@@H]1N(C)C(=O)OCCCCCc1ccccc1. The second-order valence-corrected chi connectivity index (χ2v) is 5.61. The van der Waals surface area contributed by atoms with E-state index >= 15 is 0 Å². The maximum atomic E-state index is 11.8. The smallest absolute Gasteiger partial charge is 0.410 e. The first kappa shape index (κ1) is 16.3. The van der Waals surface area contributed by atoms with Crippen molar-refractivity contribution in [2.24, 2.45) is 0 Å². The van der Waals surface area contributed by atoms with Gasteiger partial charge in [0.1, 0.15) is 6.10 Å². The number of benzene rings is 1. The van der Waals surface area contributed by atoms with Crippen LogP contribution >= 0.6 is 0 Å². The predicted octanol–water partition coefficient (Wildman–Crippen LogP) is 2.78. The Morgan fingerprint density at radius 3 is 2.59 bits per heavy atom. The number of esters is 1. The molecule has 5 nitrogen and oxygen atoms in total. The van der Waals surface area contributed by atoms with E-state index in [-0.39, 0.29) is 12.1 Å². The third-order valence-electron chi connectivity index (χ3n) is 3.87. The number of amides is 1. The van der Waals surface area contributed by atoms with Gasteiger partial charge in [-0.1, -0.05) is 30.3 Å². The van der Waals surface area contributed by atoms with Crippen LogP contribution in [0.25, 0.3) is 0 Å². The lowest BCUT2D eigenvalue weighted by Crippen LogP contribution is -2.59. The fourth-order valence-electron chi connectivity index (χ4n) is 2.54. The van der Waals surface area contributed by atoms with Crippen LogP contribution in [0.15, 0.2) is 30.3 Å². The average molecular weight is 305 g/mol. The van der Waals surface area contributed by atoms with Crippen LogP contribution in [-0.4, -0.2) is 42.8 Å². The molecule has 0 aliphatic carbocycles. The van der Waals surface area contributed by atoms with Gasteiger partial charge in [-0.3, -0.25) is 4.90 Å². The van der Waals surface area contributed by atoms with Crippen LogP contribution in [-0.2, 0) is 20.7 Å². The number of rotatable bonds is 7. The highest BCUT2D eigenvalue weighted by Gasteiger charge is 2.44. The summed E-state index contributed by atoms with van der Waals surface area (Å²) in [5.74, 6) is -0.366. The van der Waals surface area contributed by atoms with Crippen LogP contribution in [0.3, 0.4) is 0 Å². The number of aryl methyl sites for hydroxylation is 1. The van der Waals surface area contributed by atoms with E-state index < -0.39 is 12.1 Å². The summed E-state index contributed by atoms with van der Waals surface area (Å²) >= 11 is 0. The second-order valence-electron chi connectivity index (χ2n) is 5.61. The van der Waals surface area contributed by atoms with Gasteiger partial charge in [-0.05, 0) is 38.2 Å². The molecule has 22 heavy (non-hydrogen) atoms. The van der Waals surface area contributed by atoms with E-state index in [4.69, 9.17) is 9.47 Å². The molecule has 0 bridgehead atoms. The topological polar surface area (TPSA) is 55.8 Å². The second kappa shape index (κ2) is 7.82. The predicted molar refractivity (Wildman–Crippen MR) is 82.5 cm³/mol. The number of hydrogen-bond acceptors (Lipinski definition) is 4. The van der Waals surface area contributed by atoms with Crippen molar-refractivity contribution in [1.82, 2.24) is 4.90 Å². The minimum absolute atomic E-state index is 0.254. The van der Waals surface area contributed by atoms with Gasteiger partial charge in [0.15, 0.2) is 6.04 Å².